The lowest BCUT2D eigenvalue weighted by Gasteiger charge is -2.30. The molecule has 26 heteroatoms. The lowest BCUT2D eigenvalue weighted by atomic mass is 10.0. The van der Waals surface area contributed by atoms with Crippen molar-refractivity contribution in [1.82, 2.24) is 41.0 Å². The molecular formula is C62H72FN13O10S2. The average molecular weight is 1240 g/mol. The summed E-state index contributed by atoms with van der Waals surface area (Å²) in [6, 6.07) is 16.0. The highest BCUT2D eigenvalue weighted by atomic mass is 32.1. The van der Waals surface area contributed by atoms with Crippen molar-refractivity contribution in [2.75, 3.05) is 69.5 Å². The summed E-state index contributed by atoms with van der Waals surface area (Å²) in [5.41, 5.74) is 7.84. The van der Waals surface area contributed by atoms with Gasteiger partial charge in [-0.05, 0) is 125 Å². The number of carbonyl (C=O) groups excluding carboxylic acids is 6. The Balaban J connectivity index is 1.10. The van der Waals surface area contributed by atoms with Crippen molar-refractivity contribution in [2.45, 2.75) is 98.0 Å². The van der Waals surface area contributed by atoms with Crippen molar-refractivity contribution < 1.29 is 57.0 Å². The zero-order valence-electron chi connectivity index (χ0n) is 50.5. The number of para-hydroxylation sites is 1. The van der Waals surface area contributed by atoms with Crippen LogP contribution in [0.5, 0.6) is 5.75 Å². The molecule has 3 heterocycles. The normalized spacial score (nSPS) is 11.8. The van der Waals surface area contributed by atoms with Crippen LogP contribution in [0.25, 0.3) is 10.2 Å². The number of carboxylic acids is 1. The largest absolute Gasteiger partial charge is 0.543 e. The summed E-state index contributed by atoms with van der Waals surface area (Å²) in [6.07, 6.45) is 10.3. The van der Waals surface area contributed by atoms with Gasteiger partial charge in [0.25, 0.3) is 0 Å². The number of quaternary nitrogens is 1. The number of aryl methyl sites for hydroxylation is 2. The minimum atomic E-state index is -1.44. The van der Waals surface area contributed by atoms with Crippen LogP contribution < -0.4 is 47.1 Å². The lowest BCUT2D eigenvalue weighted by Crippen LogP contribution is -2.55. The van der Waals surface area contributed by atoms with Gasteiger partial charge in [0.2, 0.25) is 11.8 Å². The zero-order chi connectivity index (χ0) is 64.3. The van der Waals surface area contributed by atoms with E-state index in [4.69, 9.17) is 32.8 Å². The molecule has 0 bridgehead atoms. The molecule has 0 unspecified atom stereocenters. The van der Waals surface area contributed by atoms with Gasteiger partial charge >= 0.3 is 18.2 Å². The summed E-state index contributed by atoms with van der Waals surface area (Å²) >= 11 is 2.66. The Morgan fingerprint density at radius 1 is 0.920 bits per heavy atom. The number of hydrogen-bond donors (Lipinski definition) is 6. The first-order valence-corrected chi connectivity index (χ1v) is 29.6. The number of alkyl carbamates (subject to hydrolysis) is 1. The number of rotatable bonds is 27. The topological polar surface area (TPSA) is 297 Å². The van der Waals surface area contributed by atoms with Crippen LogP contribution in [0.4, 0.5) is 46.4 Å². The van der Waals surface area contributed by atoms with E-state index in [9.17, 15) is 33.9 Å². The monoisotopic (exact) mass is 1240 g/mol. The molecule has 3 aromatic heterocycles. The number of halogens is 1. The van der Waals surface area contributed by atoms with Crippen molar-refractivity contribution >= 4 is 96.5 Å². The summed E-state index contributed by atoms with van der Waals surface area (Å²) in [6.45, 7) is 10.6. The standard InChI is InChI=1S/C62H72FN13O10S2/c1-12-29-75(61(83)85-31-13-2)36-42-35-43(66-54(77)46(21-16-28-65-57(64)81)67-55(78)51(38(3)4)70-60(82)86-62(6,7)8)26-25-41(42)37-76(10,11)30-17-19-40-24-27-47(44(63)34-40)84-32-18-23-49-52(56(79)80)69-59(88-49)74(9)50-33-39(5)53(73-72-50)71-58-68-45-20-14-15-22-48(45)87-58/h1-2,14-15,20,22,24-27,33-35,38,46,51H,16,18,21,23,28-32,36-37H2,3-11H3,(H7-,64,65,66,67,68,70,71,73,77,78,79,80,81,82)/t46-,51-/m0/s1. The number of thiazole rings is 2. The van der Waals surface area contributed by atoms with E-state index in [0.717, 1.165) is 32.7 Å². The van der Waals surface area contributed by atoms with E-state index < -0.39 is 65.4 Å². The van der Waals surface area contributed by atoms with Crippen molar-refractivity contribution in [1.29, 1.82) is 0 Å². The third kappa shape index (κ3) is 20.3. The number of aromatic nitrogens is 4. The molecule has 7 N–H and O–H groups in total. The van der Waals surface area contributed by atoms with Crippen LogP contribution in [0.3, 0.4) is 0 Å². The zero-order valence-corrected chi connectivity index (χ0v) is 52.1. The highest BCUT2D eigenvalue weighted by molar-refractivity contribution is 7.22. The van der Waals surface area contributed by atoms with E-state index in [0.29, 0.717) is 56.6 Å². The van der Waals surface area contributed by atoms with Crippen LogP contribution in [0.2, 0.25) is 0 Å². The van der Waals surface area contributed by atoms with Gasteiger partial charge in [-0.3, -0.25) is 14.5 Å². The molecule has 0 spiro atoms. The smallest absolute Gasteiger partial charge is 0.411 e. The van der Waals surface area contributed by atoms with Gasteiger partial charge in [-0.2, -0.15) is 0 Å². The number of nitrogens with zero attached hydrogens (tertiary/aromatic N) is 7. The first-order valence-electron chi connectivity index (χ1n) is 27.9. The molecule has 464 valence electrons. The molecule has 0 saturated heterocycles. The third-order valence-electron chi connectivity index (χ3n) is 13.0. The number of ether oxygens (including phenoxy) is 3. The number of terminal acetylenes is 2. The Morgan fingerprint density at radius 3 is 2.35 bits per heavy atom. The Labute approximate surface area is 518 Å². The molecule has 2 atom stereocenters. The second-order valence-electron chi connectivity index (χ2n) is 22.3. The molecule has 6 aromatic rings. The number of nitrogens with one attached hydrogen (secondary N) is 5. The van der Waals surface area contributed by atoms with Crippen molar-refractivity contribution in [2.24, 2.45) is 11.7 Å². The number of urea groups is 1. The van der Waals surface area contributed by atoms with E-state index >= 15 is 4.39 Å². The van der Waals surface area contributed by atoms with Crippen LogP contribution in [0, 0.1) is 55.2 Å². The van der Waals surface area contributed by atoms with Gasteiger partial charge in [-0.15, -0.1) is 34.4 Å². The molecule has 6 rings (SSSR count). The predicted octanol–water partition coefficient (Wildman–Crippen LogP) is 7.13. The summed E-state index contributed by atoms with van der Waals surface area (Å²) in [5.74, 6) is 8.08. The maximum Gasteiger partial charge on any atom is 0.411 e. The third-order valence-corrected chi connectivity index (χ3v) is 15.1. The molecule has 6 amide bonds. The number of aromatic carboxylic acids is 1. The molecule has 0 saturated carbocycles. The number of amides is 6. The minimum Gasteiger partial charge on any atom is -0.543 e. The van der Waals surface area contributed by atoms with Crippen molar-refractivity contribution in [3.05, 3.63) is 105 Å². The number of fused-ring (bicyclic) bond motifs is 1. The SMILES string of the molecule is C#CCOC(=O)N(CC#C)Cc1cc(NC(=O)[C@H](CCCNC(N)=O)NC(=O)[C@@H](NC(=O)OC(C)(C)C)C(C)C)ccc1C[N+](C)(C)CC#Cc1ccc(OCCCc2sc(N(C)c3cc(C)c(Nc4nc5ccccc5s4)nn3)nc2C(=O)[O-])c(F)c1. The first-order chi connectivity index (χ1) is 41.7. The minimum absolute atomic E-state index is 0.0131. The second kappa shape index (κ2) is 31.2. The highest BCUT2D eigenvalue weighted by Crippen LogP contribution is 2.33. The molecule has 0 aliphatic carbocycles. The average Bonchev–Trinajstić information content (AvgIpc) is 1.90. The second-order valence-corrected chi connectivity index (χ2v) is 24.4. The molecule has 0 fully saturated rings. The Bertz CT molecular complexity index is 3620. The highest BCUT2D eigenvalue weighted by Gasteiger charge is 2.31. The number of benzene rings is 3. The Hall–Kier alpha value is -9.55. The number of primary amides is 1. The summed E-state index contributed by atoms with van der Waals surface area (Å²) < 4.78 is 33.2. The van der Waals surface area contributed by atoms with Gasteiger partial charge in [0.1, 0.15) is 36.5 Å². The number of carboxylic acid groups (broad SMARTS) is 1. The molecule has 0 aliphatic heterocycles. The van der Waals surface area contributed by atoms with Gasteiger partial charge in [0.15, 0.2) is 40.1 Å². The number of hydrogen-bond acceptors (Lipinski definition) is 18. The Morgan fingerprint density at radius 2 is 1.68 bits per heavy atom. The van der Waals surface area contributed by atoms with Crippen molar-refractivity contribution in [3.63, 3.8) is 0 Å². The van der Waals surface area contributed by atoms with Crippen molar-refractivity contribution in [3.8, 4) is 42.3 Å². The summed E-state index contributed by atoms with van der Waals surface area (Å²) in [5, 5.41) is 35.8. The van der Waals surface area contributed by atoms with Crippen LogP contribution >= 0.6 is 22.7 Å². The molecule has 0 aliphatic rings. The number of nitrogens with two attached hydrogens (primary N) is 1. The van der Waals surface area contributed by atoms with E-state index in [1.165, 1.54) is 28.4 Å². The quantitative estimate of drug-likeness (QED) is 0.0170. The van der Waals surface area contributed by atoms with Crippen LogP contribution in [0.15, 0.2) is 66.7 Å². The van der Waals surface area contributed by atoms with E-state index in [-0.39, 0.29) is 74.6 Å². The van der Waals surface area contributed by atoms with E-state index in [2.05, 4.69) is 70.4 Å². The van der Waals surface area contributed by atoms with Gasteiger partial charge in [-0.25, -0.2) is 28.7 Å². The first kappa shape index (κ1) is 67.6. The van der Waals surface area contributed by atoms with E-state index in [1.807, 2.05) is 45.3 Å². The maximum atomic E-state index is 15.5. The lowest BCUT2D eigenvalue weighted by molar-refractivity contribution is -0.896. The number of anilines is 5. The molecule has 23 nitrogen and oxygen atoms in total. The molecular weight excluding hydrogens is 1170 g/mol. The fourth-order valence-electron chi connectivity index (χ4n) is 8.63. The van der Waals surface area contributed by atoms with Crippen LogP contribution in [0.1, 0.15) is 91.5 Å². The predicted molar refractivity (Wildman–Crippen MR) is 333 cm³/mol. The van der Waals surface area contributed by atoms with Crippen LogP contribution in [-0.2, 0) is 38.6 Å². The molecule has 88 heavy (non-hydrogen) atoms. The molecule has 0 radical (unpaired) electrons. The van der Waals surface area contributed by atoms with Gasteiger partial charge < -0.3 is 65.8 Å². The maximum absolute atomic E-state index is 15.5. The van der Waals surface area contributed by atoms with Crippen LogP contribution in [-0.4, -0.2) is 137 Å². The van der Waals surface area contributed by atoms with Gasteiger partial charge in [-0.1, -0.05) is 61.1 Å². The van der Waals surface area contributed by atoms with Gasteiger partial charge in [0.05, 0.1) is 50.0 Å². The summed E-state index contributed by atoms with van der Waals surface area (Å²) in [7, 11) is 5.56. The fourth-order valence-corrected chi connectivity index (χ4v) is 10.6. The van der Waals surface area contributed by atoms with E-state index in [1.54, 1.807) is 76.9 Å². The number of carbonyl (C=O) groups is 6. The molecule has 3 aromatic carbocycles. The van der Waals surface area contributed by atoms with Gasteiger partial charge in [0, 0.05) is 35.3 Å². The Kier molecular flexibility index (Phi) is 24.0. The fraction of sp³-hybridized carbons (Fsp3) is 0.387. The summed E-state index contributed by atoms with van der Waals surface area (Å²) in [4.78, 5) is 89.7.